The van der Waals surface area contributed by atoms with Gasteiger partial charge in [-0.15, -0.1) is 0 Å². The number of benzene rings is 2. The summed E-state index contributed by atoms with van der Waals surface area (Å²) in [6.45, 7) is 3.15. The van der Waals surface area contributed by atoms with E-state index in [1.54, 1.807) is 13.8 Å². The van der Waals surface area contributed by atoms with E-state index in [1.165, 1.54) is 12.1 Å². The first-order valence-corrected chi connectivity index (χ1v) is 6.56. The Morgan fingerprint density at radius 1 is 0.800 bits per heavy atom. The van der Waals surface area contributed by atoms with E-state index in [-0.39, 0.29) is 21.1 Å². The van der Waals surface area contributed by atoms with E-state index in [1.807, 2.05) is 0 Å². The van der Waals surface area contributed by atoms with Gasteiger partial charge in [0.05, 0.1) is 11.0 Å². The van der Waals surface area contributed by atoms with Crippen LogP contribution in [0.3, 0.4) is 0 Å². The number of halogens is 4. The Morgan fingerprint density at radius 3 is 1.50 bits per heavy atom. The molecule has 0 aliphatic carbocycles. The molecule has 0 saturated carbocycles. The summed E-state index contributed by atoms with van der Waals surface area (Å²) in [4.78, 5) is 8.51. The average molecular weight is 313 g/mol. The number of aromatic nitrogens is 2. The molecule has 2 aromatic carbocycles. The third kappa shape index (κ3) is 1.83. The van der Waals surface area contributed by atoms with E-state index in [2.05, 4.69) is 9.97 Å². The maximum absolute atomic E-state index is 13.8. The number of nitrogens with zero attached hydrogens (tertiary/aromatic N) is 2. The molecule has 0 radical (unpaired) electrons. The normalized spacial score (nSPS) is 11.5. The van der Waals surface area contributed by atoms with Crippen molar-refractivity contribution in [1.29, 1.82) is 0 Å². The molecule has 1 aromatic heterocycles. The minimum Gasteiger partial charge on any atom is -0.243 e. The maximum atomic E-state index is 13.8. The molecule has 0 unspecified atom stereocenters. The van der Waals surface area contributed by atoms with Gasteiger partial charge in [-0.1, -0.05) is 23.2 Å². The summed E-state index contributed by atoms with van der Waals surface area (Å²) in [5.41, 5.74) is 1.94. The molecule has 102 valence electrons. The van der Waals surface area contributed by atoms with Crippen LogP contribution in [0.25, 0.3) is 22.1 Å². The highest BCUT2D eigenvalue weighted by atomic mass is 35.5. The van der Waals surface area contributed by atoms with Crippen molar-refractivity contribution >= 4 is 45.3 Å². The minimum absolute atomic E-state index is 0.0903. The number of aryl methyl sites for hydroxylation is 2. The van der Waals surface area contributed by atoms with Gasteiger partial charge in [-0.3, -0.25) is 0 Å². The lowest BCUT2D eigenvalue weighted by Gasteiger charge is -2.08. The Balaban J connectivity index is 2.53. The molecule has 0 saturated heterocycles. The summed E-state index contributed by atoms with van der Waals surface area (Å²) in [6.07, 6.45) is 0. The third-order valence-corrected chi connectivity index (χ3v) is 3.84. The molecule has 0 N–H and O–H groups in total. The van der Waals surface area contributed by atoms with Crippen molar-refractivity contribution in [3.8, 4) is 0 Å². The monoisotopic (exact) mass is 312 g/mol. The molecule has 3 aromatic rings. The molecule has 1 heterocycles. The van der Waals surface area contributed by atoms with Gasteiger partial charge in [-0.05, 0) is 37.1 Å². The molecule has 0 aliphatic rings. The number of hydrogen-bond acceptors (Lipinski definition) is 2. The molecular formula is C14H8Cl2F2N2. The van der Waals surface area contributed by atoms with E-state index in [0.29, 0.717) is 22.2 Å². The summed E-state index contributed by atoms with van der Waals surface area (Å²) in [7, 11) is 0. The molecule has 0 atom stereocenters. The van der Waals surface area contributed by atoms with E-state index in [9.17, 15) is 8.78 Å². The summed E-state index contributed by atoms with van der Waals surface area (Å²) >= 11 is 11.9. The van der Waals surface area contributed by atoms with Crippen LogP contribution in [0.2, 0.25) is 10.0 Å². The second kappa shape index (κ2) is 4.50. The molecule has 3 rings (SSSR count). The van der Waals surface area contributed by atoms with Crippen LogP contribution in [-0.2, 0) is 0 Å². The molecule has 0 spiro atoms. The predicted molar refractivity (Wildman–Crippen MR) is 76.5 cm³/mol. The first kappa shape index (κ1) is 13.5. The van der Waals surface area contributed by atoms with Gasteiger partial charge in [0.25, 0.3) is 0 Å². The number of rotatable bonds is 0. The fraction of sp³-hybridized carbons (Fsp3) is 0.143. The van der Waals surface area contributed by atoms with Crippen molar-refractivity contribution in [3.63, 3.8) is 0 Å². The third-order valence-electron chi connectivity index (χ3n) is 3.15. The standard InChI is InChI=1S/C14H8Cl2F2N2/c1-5-3-7-13(9(15)11(5)17)20-8-4-6(2)12(18)10(16)14(8)19-7/h3-4H,1-2H3. The lowest BCUT2D eigenvalue weighted by Crippen LogP contribution is -1.96. The Morgan fingerprint density at radius 2 is 1.15 bits per heavy atom. The van der Waals surface area contributed by atoms with Crippen LogP contribution in [0.1, 0.15) is 11.1 Å². The van der Waals surface area contributed by atoms with Gasteiger partial charge in [0, 0.05) is 0 Å². The summed E-state index contributed by atoms with van der Waals surface area (Å²) in [5, 5.41) is -0.181. The van der Waals surface area contributed by atoms with Crippen LogP contribution in [0, 0.1) is 25.5 Å². The average Bonchev–Trinajstić information content (AvgIpc) is 2.42. The van der Waals surface area contributed by atoms with Crippen LogP contribution in [0.15, 0.2) is 12.1 Å². The fourth-order valence-electron chi connectivity index (χ4n) is 2.08. The topological polar surface area (TPSA) is 25.8 Å². The van der Waals surface area contributed by atoms with Crippen molar-refractivity contribution in [2.75, 3.05) is 0 Å². The molecular weight excluding hydrogens is 305 g/mol. The van der Waals surface area contributed by atoms with Gasteiger partial charge in [-0.2, -0.15) is 0 Å². The van der Waals surface area contributed by atoms with E-state index in [4.69, 9.17) is 23.2 Å². The van der Waals surface area contributed by atoms with E-state index < -0.39 is 11.6 Å². The van der Waals surface area contributed by atoms with Gasteiger partial charge in [0.2, 0.25) is 0 Å². The van der Waals surface area contributed by atoms with Crippen LogP contribution >= 0.6 is 23.2 Å². The summed E-state index contributed by atoms with van der Waals surface area (Å²) in [6, 6.07) is 3.02. The van der Waals surface area contributed by atoms with Gasteiger partial charge in [0.1, 0.15) is 32.7 Å². The molecule has 2 nitrogen and oxygen atoms in total. The predicted octanol–water partition coefficient (Wildman–Crippen LogP) is 4.98. The van der Waals surface area contributed by atoms with Gasteiger partial charge in [-0.25, -0.2) is 18.7 Å². The van der Waals surface area contributed by atoms with Crippen LogP contribution < -0.4 is 0 Å². The van der Waals surface area contributed by atoms with Gasteiger partial charge in [0.15, 0.2) is 0 Å². The highest BCUT2D eigenvalue weighted by Gasteiger charge is 2.16. The Labute approximate surface area is 123 Å². The molecule has 20 heavy (non-hydrogen) atoms. The lowest BCUT2D eigenvalue weighted by atomic mass is 10.1. The minimum atomic E-state index is -0.530. The van der Waals surface area contributed by atoms with Gasteiger partial charge >= 0.3 is 0 Å². The molecule has 0 bridgehead atoms. The largest absolute Gasteiger partial charge is 0.243 e. The second-order valence-corrected chi connectivity index (χ2v) is 5.36. The van der Waals surface area contributed by atoms with Crippen molar-refractivity contribution in [2.24, 2.45) is 0 Å². The fourth-order valence-corrected chi connectivity index (χ4v) is 2.65. The zero-order valence-corrected chi connectivity index (χ0v) is 12.1. The Bertz CT molecular complexity index is 805. The SMILES string of the molecule is Cc1cc2nc3c(Cl)c(F)c(C)cc3nc2c(Cl)c1F. The van der Waals surface area contributed by atoms with Crippen molar-refractivity contribution in [3.05, 3.63) is 44.9 Å². The molecule has 0 amide bonds. The van der Waals surface area contributed by atoms with Gasteiger partial charge < -0.3 is 0 Å². The smallest absolute Gasteiger partial charge is 0.147 e. The lowest BCUT2D eigenvalue weighted by molar-refractivity contribution is 0.619. The van der Waals surface area contributed by atoms with E-state index >= 15 is 0 Å². The van der Waals surface area contributed by atoms with Crippen LogP contribution in [-0.4, -0.2) is 9.97 Å². The molecule has 0 fully saturated rings. The second-order valence-electron chi connectivity index (χ2n) is 4.60. The molecule has 0 aliphatic heterocycles. The van der Waals surface area contributed by atoms with Crippen molar-refractivity contribution in [2.45, 2.75) is 13.8 Å². The van der Waals surface area contributed by atoms with Crippen molar-refractivity contribution in [1.82, 2.24) is 9.97 Å². The zero-order valence-electron chi connectivity index (χ0n) is 10.6. The Kier molecular flexibility index (Phi) is 3.03. The number of hydrogen-bond donors (Lipinski definition) is 0. The highest BCUT2D eigenvalue weighted by molar-refractivity contribution is 6.36. The van der Waals surface area contributed by atoms with Crippen LogP contribution in [0.4, 0.5) is 8.78 Å². The van der Waals surface area contributed by atoms with E-state index in [0.717, 1.165) is 0 Å². The van der Waals surface area contributed by atoms with Crippen molar-refractivity contribution < 1.29 is 8.78 Å². The number of fused-ring (bicyclic) bond motifs is 2. The summed E-state index contributed by atoms with van der Waals surface area (Å²) < 4.78 is 27.6. The highest BCUT2D eigenvalue weighted by Crippen LogP contribution is 2.32. The maximum Gasteiger partial charge on any atom is 0.147 e. The van der Waals surface area contributed by atoms with Crippen LogP contribution in [0.5, 0.6) is 0 Å². The Hall–Kier alpha value is -1.52. The zero-order chi connectivity index (χ0) is 14.6. The molecule has 6 heteroatoms. The first-order valence-electron chi connectivity index (χ1n) is 5.81. The first-order chi connectivity index (χ1) is 9.40. The summed E-state index contributed by atoms with van der Waals surface area (Å²) in [5.74, 6) is -1.06. The quantitative estimate of drug-likeness (QED) is 0.547.